The van der Waals surface area contributed by atoms with E-state index >= 15 is 0 Å². The number of methoxy groups -OCH3 is 1. The van der Waals surface area contributed by atoms with E-state index in [1.807, 2.05) is 6.07 Å². The van der Waals surface area contributed by atoms with Crippen LogP contribution in [0.2, 0.25) is 0 Å². The van der Waals surface area contributed by atoms with Crippen molar-refractivity contribution in [3.8, 4) is 6.07 Å². The number of nitrogens with zero attached hydrogens (tertiary/aromatic N) is 1. The molecule has 0 saturated heterocycles. The fourth-order valence-electron chi connectivity index (χ4n) is 1.90. The van der Waals surface area contributed by atoms with Crippen molar-refractivity contribution < 1.29 is 19.1 Å². The van der Waals surface area contributed by atoms with Crippen molar-refractivity contribution in [3.05, 3.63) is 35.9 Å². The van der Waals surface area contributed by atoms with Crippen molar-refractivity contribution in [2.45, 2.75) is 19.4 Å². The summed E-state index contributed by atoms with van der Waals surface area (Å²) in [5, 5.41) is 13.6. The van der Waals surface area contributed by atoms with Gasteiger partial charge < -0.3 is 15.4 Å². The summed E-state index contributed by atoms with van der Waals surface area (Å²) in [6.45, 7) is 1.38. The molecule has 0 fully saturated rings. The summed E-state index contributed by atoms with van der Waals surface area (Å²) in [4.78, 5) is 35.4. The zero-order chi connectivity index (χ0) is 17.2. The first-order chi connectivity index (χ1) is 11.0. The number of rotatable bonds is 7. The number of carbonyl (C=O) groups excluding carboxylic acids is 3. The van der Waals surface area contributed by atoms with Gasteiger partial charge in [-0.15, -0.1) is 0 Å². The summed E-state index contributed by atoms with van der Waals surface area (Å²) in [6, 6.07) is 9.47. The zero-order valence-electron chi connectivity index (χ0n) is 13.0. The van der Waals surface area contributed by atoms with E-state index in [0.29, 0.717) is 5.56 Å². The summed E-state index contributed by atoms with van der Waals surface area (Å²) in [7, 11) is 1.21. The Bertz CT molecular complexity index is 595. The molecule has 0 radical (unpaired) electrons. The SMILES string of the molecule is COC(=O)[C@@H](NC(=O)CNC(=O)c1ccccc1)[C@@H](C)CC#N. The summed E-state index contributed by atoms with van der Waals surface area (Å²) >= 11 is 0. The molecule has 1 aromatic rings. The molecule has 0 heterocycles. The monoisotopic (exact) mass is 317 g/mol. The molecule has 7 nitrogen and oxygen atoms in total. The molecule has 0 aromatic heterocycles. The van der Waals surface area contributed by atoms with E-state index in [-0.39, 0.29) is 18.9 Å². The van der Waals surface area contributed by atoms with Gasteiger partial charge in [-0.25, -0.2) is 4.79 Å². The number of esters is 1. The van der Waals surface area contributed by atoms with Crippen LogP contribution in [0.4, 0.5) is 0 Å². The Hall–Kier alpha value is -2.88. The quantitative estimate of drug-likeness (QED) is 0.717. The molecule has 0 aliphatic rings. The number of hydrogen-bond acceptors (Lipinski definition) is 5. The summed E-state index contributed by atoms with van der Waals surface area (Å²) < 4.78 is 4.63. The number of amides is 2. The summed E-state index contributed by atoms with van der Waals surface area (Å²) in [5.74, 6) is -1.95. The van der Waals surface area contributed by atoms with Crippen molar-refractivity contribution in [1.82, 2.24) is 10.6 Å². The van der Waals surface area contributed by atoms with Crippen LogP contribution in [0.1, 0.15) is 23.7 Å². The fourth-order valence-corrected chi connectivity index (χ4v) is 1.90. The summed E-state index contributed by atoms with van der Waals surface area (Å²) in [5.41, 5.74) is 0.433. The van der Waals surface area contributed by atoms with Crippen molar-refractivity contribution in [1.29, 1.82) is 5.26 Å². The lowest BCUT2D eigenvalue weighted by Crippen LogP contribution is -2.49. The minimum atomic E-state index is -0.930. The molecule has 122 valence electrons. The lowest BCUT2D eigenvalue weighted by Gasteiger charge is -2.21. The van der Waals surface area contributed by atoms with Gasteiger partial charge in [-0.2, -0.15) is 5.26 Å². The number of benzene rings is 1. The topological polar surface area (TPSA) is 108 Å². The molecule has 1 aromatic carbocycles. The third-order valence-corrected chi connectivity index (χ3v) is 3.20. The molecule has 1 rings (SSSR count). The maximum Gasteiger partial charge on any atom is 0.328 e. The highest BCUT2D eigenvalue weighted by molar-refractivity contribution is 5.96. The highest BCUT2D eigenvalue weighted by Crippen LogP contribution is 2.09. The smallest absolute Gasteiger partial charge is 0.328 e. The van der Waals surface area contributed by atoms with Crippen molar-refractivity contribution in [3.63, 3.8) is 0 Å². The van der Waals surface area contributed by atoms with Gasteiger partial charge >= 0.3 is 5.97 Å². The molecule has 7 heteroatoms. The number of hydrogen-bond donors (Lipinski definition) is 2. The lowest BCUT2D eigenvalue weighted by molar-refractivity contribution is -0.146. The molecule has 0 spiro atoms. The Morgan fingerprint density at radius 3 is 2.48 bits per heavy atom. The van der Waals surface area contributed by atoms with Crippen LogP contribution in [0.15, 0.2) is 30.3 Å². The van der Waals surface area contributed by atoms with Crippen LogP contribution in [0, 0.1) is 17.2 Å². The van der Waals surface area contributed by atoms with Gasteiger partial charge in [0, 0.05) is 17.9 Å². The van der Waals surface area contributed by atoms with Crippen molar-refractivity contribution in [2.24, 2.45) is 5.92 Å². The second-order valence-electron chi connectivity index (χ2n) is 4.96. The predicted molar refractivity (Wildman–Crippen MR) is 82.1 cm³/mol. The number of carbonyl (C=O) groups is 3. The maximum atomic E-state index is 11.9. The van der Waals surface area contributed by atoms with E-state index in [1.165, 1.54) is 7.11 Å². The number of ether oxygens (including phenoxy) is 1. The fraction of sp³-hybridized carbons (Fsp3) is 0.375. The van der Waals surface area contributed by atoms with Crippen LogP contribution in [-0.2, 0) is 14.3 Å². The van der Waals surface area contributed by atoms with E-state index in [1.54, 1.807) is 37.3 Å². The predicted octanol–water partition coefficient (Wildman–Crippen LogP) is 0.624. The van der Waals surface area contributed by atoms with Gasteiger partial charge in [-0.05, 0) is 12.1 Å². The van der Waals surface area contributed by atoms with E-state index in [9.17, 15) is 14.4 Å². The second kappa shape index (κ2) is 9.20. The van der Waals surface area contributed by atoms with Gasteiger partial charge in [-0.3, -0.25) is 9.59 Å². The van der Waals surface area contributed by atoms with Gasteiger partial charge in [0.15, 0.2) is 0 Å². The highest BCUT2D eigenvalue weighted by atomic mass is 16.5. The van der Waals surface area contributed by atoms with E-state index in [2.05, 4.69) is 15.4 Å². The minimum absolute atomic E-state index is 0.0937. The molecular formula is C16H19N3O4. The highest BCUT2D eigenvalue weighted by Gasteiger charge is 2.27. The first-order valence-corrected chi connectivity index (χ1v) is 7.07. The molecule has 0 saturated carbocycles. The van der Waals surface area contributed by atoms with Crippen molar-refractivity contribution >= 4 is 17.8 Å². The van der Waals surface area contributed by atoms with E-state index in [4.69, 9.17) is 5.26 Å². The molecule has 0 unspecified atom stereocenters. The van der Waals surface area contributed by atoms with Gasteiger partial charge in [0.05, 0.1) is 19.7 Å². The molecular weight excluding hydrogens is 298 g/mol. The second-order valence-corrected chi connectivity index (χ2v) is 4.96. The van der Waals surface area contributed by atoms with E-state index in [0.717, 1.165) is 0 Å². The normalized spacial score (nSPS) is 12.4. The largest absolute Gasteiger partial charge is 0.467 e. The Morgan fingerprint density at radius 2 is 1.91 bits per heavy atom. The molecule has 23 heavy (non-hydrogen) atoms. The first-order valence-electron chi connectivity index (χ1n) is 7.07. The average molecular weight is 317 g/mol. The molecule has 2 amide bonds. The lowest BCUT2D eigenvalue weighted by atomic mass is 9.99. The molecule has 2 atom stereocenters. The summed E-state index contributed by atoms with van der Waals surface area (Å²) in [6.07, 6.45) is 0.0937. The van der Waals surface area contributed by atoms with Crippen molar-refractivity contribution in [2.75, 3.05) is 13.7 Å². The first kappa shape index (κ1) is 18.2. The van der Waals surface area contributed by atoms with Crippen LogP contribution in [0.3, 0.4) is 0 Å². The van der Waals surface area contributed by atoms with Gasteiger partial charge in [-0.1, -0.05) is 25.1 Å². The molecule has 0 bridgehead atoms. The van der Waals surface area contributed by atoms with Crippen LogP contribution >= 0.6 is 0 Å². The molecule has 0 aliphatic carbocycles. The molecule has 0 aliphatic heterocycles. The van der Waals surface area contributed by atoms with Gasteiger partial charge in [0.25, 0.3) is 5.91 Å². The Morgan fingerprint density at radius 1 is 1.26 bits per heavy atom. The Kier molecular flexibility index (Phi) is 7.27. The van der Waals surface area contributed by atoms with E-state index < -0.39 is 23.8 Å². The van der Waals surface area contributed by atoms with Crippen LogP contribution in [0.25, 0.3) is 0 Å². The number of nitriles is 1. The van der Waals surface area contributed by atoms with Crippen LogP contribution < -0.4 is 10.6 Å². The Labute approximate surface area is 134 Å². The van der Waals surface area contributed by atoms with Crippen LogP contribution in [-0.4, -0.2) is 37.5 Å². The standard InChI is InChI=1S/C16H19N3O4/c1-11(8-9-17)14(16(22)23-2)19-13(20)10-18-15(21)12-6-4-3-5-7-12/h3-7,11,14H,8,10H2,1-2H3,(H,18,21)(H,19,20)/t11-,14-/m0/s1. The Balaban J connectivity index is 2.57. The van der Waals surface area contributed by atoms with Gasteiger partial charge in [0.2, 0.25) is 5.91 Å². The van der Waals surface area contributed by atoms with Crippen LogP contribution in [0.5, 0.6) is 0 Å². The van der Waals surface area contributed by atoms with Gasteiger partial charge in [0.1, 0.15) is 6.04 Å². The third kappa shape index (κ3) is 5.79. The molecule has 2 N–H and O–H groups in total. The third-order valence-electron chi connectivity index (χ3n) is 3.20. The number of nitrogens with one attached hydrogen (secondary N) is 2. The maximum absolute atomic E-state index is 11.9. The zero-order valence-corrected chi connectivity index (χ0v) is 13.0. The average Bonchev–Trinajstić information content (AvgIpc) is 2.57. The minimum Gasteiger partial charge on any atom is -0.467 e.